The molecule has 7 rings (SSSR count). The summed E-state index contributed by atoms with van der Waals surface area (Å²) >= 11 is 0. The molecular weight excluding hydrogens is 674 g/mol. The van der Waals surface area contributed by atoms with E-state index in [-0.39, 0.29) is 45.8 Å². The van der Waals surface area contributed by atoms with Crippen LogP contribution in [0.2, 0.25) is 0 Å². The molecule has 5 heterocycles. The van der Waals surface area contributed by atoms with Gasteiger partial charge in [-0.2, -0.15) is 28.2 Å². The lowest BCUT2D eigenvalue weighted by Crippen LogP contribution is -2.41. The summed E-state index contributed by atoms with van der Waals surface area (Å²) in [6.45, 7) is 4.84. The second kappa shape index (κ2) is 12.9. The van der Waals surface area contributed by atoms with Crippen LogP contribution < -0.4 is 20.7 Å². The minimum absolute atomic E-state index is 0.00230. The van der Waals surface area contributed by atoms with Crippen LogP contribution in [-0.4, -0.2) is 72.9 Å². The Morgan fingerprint density at radius 3 is 2.45 bits per heavy atom. The minimum atomic E-state index is -4.91. The second-order valence-electron chi connectivity index (χ2n) is 12.9. The van der Waals surface area contributed by atoms with Crippen LogP contribution in [0.15, 0.2) is 59.1 Å². The number of hydrogen-bond acceptors (Lipinski definition) is 11. The number of rotatable bonds is 8. The number of halogens is 4. The number of anilines is 2. The lowest BCUT2D eigenvalue weighted by Gasteiger charge is -2.39. The van der Waals surface area contributed by atoms with Gasteiger partial charge in [0.15, 0.2) is 0 Å². The van der Waals surface area contributed by atoms with Crippen molar-refractivity contribution >= 4 is 17.7 Å². The van der Waals surface area contributed by atoms with Gasteiger partial charge in [0, 0.05) is 44.4 Å². The molecule has 0 bridgehead atoms. The molecule has 13 nitrogen and oxygen atoms in total. The third-order valence-corrected chi connectivity index (χ3v) is 9.39. The molecular formula is C34H33F4N9O4. The number of carbonyl (C=O) groups is 1. The van der Waals surface area contributed by atoms with E-state index in [4.69, 9.17) is 14.9 Å². The molecule has 2 unspecified atom stereocenters. The van der Waals surface area contributed by atoms with Gasteiger partial charge in [-0.3, -0.25) is 4.79 Å². The number of aromatic nitrogens is 6. The van der Waals surface area contributed by atoms with E-state index in [2.05, 4.69) is 30.6 Å². The molecule has 266 valence electrons. The maximum atomic E-state index is 15.2. The largest absolute Gasteiger partial charge is 0.480 e. The fourth-order valence-electron chi connectivity index (χ4n) is 6.73. The van der Waals surface area contributed by atoms with Crippen LogP contribution in [0.3, 0.4) is 0 Å². The van der Waals surface area contributed by atoms with Crippen molar-refractivity contribution in [1.82, 2.24) is 35.3 Å². The average molecular weight is 708 g/mol. The third kappa shape index (κ3) is 6.93. The highest BCUT2D eigenvalue weighted by Gasteiger charge is 2.46. The van der Waals surface area contributed by atoms with Gasteiger partial charge < -0.3 is 30.2 Å². The van der Waals surface area contributed by atoms with Gasteiger partial charge in [0.25, 0.3) is 5.89 Å². The van der Waals surface area contributed by atoms with Crippen LogP contribution in [0.25, 0.3) is 28.3 Å². The Bertz CT molecular complexity index is 2090. The molecule has 2 aliphatic heterocycles. The summed E-state index contributed by atoms with van der Waals surface area (Å²) in [7, 11) is 0. The number of piperidine rings is 1. The predicted molar refractivity (Wildman–Crippen MR) is 176 cm³/mol. The summed E-state index contributed by atoms with van der Waals surface area (Å²) in [5.74, 6) is -1.62. The Hall–Kier alpha value is -5.58. The SMILES string of the molecule is Cc1ccn(-c2cc(-c3ccc(-c4nnc(C)o4)c(F)c3)ccc2C(Oc2cc(N3CCC4(CC3)CNC(C(=O)O)C4)nc(N)n2)C(F)(F)F)n1. The zero-order chi connectivity index (χ0) is 36.1. The van der Waals surface area contributed by atoms with Crippen molar-refractivity contribution < 1.29 is 36.6 Å². The van der Waals surface area contributed by atoms with E-state index in [1.807, 2.05) is 4.90 Å². The molecule has 0 saturated carbocycles. The van der Waals surface area contributed by atoms with E-state index in [9.17, 15) is 23.1 Å². The maximum Gasteiger partial charge on any atom is 0.429 e. The van der Waals surface area contributed by atoms with Crippen molar-refractivity contribution in [2.45, 2.75) is 51.4 Å². The van der Waals surface area contributed by atoms with Gasteiger partial charge in [-0.05, 0) is 67.0 Å². The number of benzene rings is 2. The minimum Gasteiger partial charge on any atom is -0.480 e. The van der Waals surface area contributed by atoms with E-state index in [0.29, 0.717) is 61.5 Å². The van der Waals surface area contributed by atoms with Crippen LogP contribution in [0.4, 0.5) is 29.3 Å². The lowest BCUT2D eigenvalue weighted by atomic mass is 9.76. The Kier molecular flexibility index (Phi) is 8.61. The molecule has 0 aliphatic carbocycles. The first-order valence-corrected chi connectivity index (χ1v) is 16.1. The number of carboxylic acid groups (broad SMARTS) is 1. The van der Waals surface area contributed by atoms with Gasteiger partial charge in [-0.1, -0.05) is 18.2 Å². The number of nitrogen functional groups attached to an aromatic ring is 1. The highest BCUT2D eigenvalue weighted by Crippen LogP contribution is 2.43. The molecule has 2 fully saturated rings. The van der Waals surface area contributed by atoms with Gasteiger partial charge in [0.05, 0.1) is 16.9 Å². The van der Waals surface area contributed by atoms with Crippen molar-refractivity contribution in [3.63, 3.8) is 0 Å². The number of nitrogens with two attached hydrogens (primary N) is 1. The van der Waals surface area contributed by atoms with E-state index in [0.717, 1.165) is 0 Å². The van der Waals surface area contributed by atoms with E-state index >= 15 is 4.39 Å². The van der Waals surface area contributed by atoms with Gasteiger partial charge in [-0.25, -0.2) is 9.07 Å². The number of nitrogens with one attached hydrogen (secondary N) is 1. The van der Waals surface area contributed by atoms with Crippen molar-refractivity contribution in [3.05, 3.63) is 77.7 Å². The number of alkyl halides is 3. The van der Waals surface area contributed by atoms with Crippen molar-refractivity contribution in [2.75, 3.05) is 30.3 Å². The fraction of sp³-hybridized carbons (Fsp3) is 0.353. The molecule has 1 spiro atoms. The zero-order valence-electron chi connectivity index (χ0n) is 27.5. The number of carboxylic acids is 1. The van der Waals surface area contributed by atoms with Crippen molar-refractivity contribution in [1.29, 1.82) is 0 Å². The molecule has 2 aromatic carbocycles. The zero-order valence-corrected chi connectivity index (χ0v) is 27.5. The van der Waals surface area contributed by atoms with Crippen LogP contribution in [-0.2, 0) is 4.79 Å². The molecule has 2 aliphatic rings. The predicted octanol–water partition coefficient (Wildman–Crippen LogP) is 5.43. The summed E-state index contributed by atoms with van der Waals surface area (Å²) < 4.78 is 72.3. The van der Waals surface area contributed by atoms with Gasteiger partial charge in [-0.15, -0.1) is 10.2 Å². The molecule has 4 N–H and O–H groups in total. The van der Waals surface area contributed by atoms with Crippen molar-refractivity contribution in [3.8, 4) is 34.1 Å². The first kappa shape index (κ1) is 33.9. The number of hydrogen-bond donors (Lipinski definition) is 3. The van der Waals surface area contributed by atoms with Gasteiger partial charge in [0.1, 0.15) is 17.7 Å². The summed E-state index contributed by atoms with van der Waals surface area (Å²) in [6, 6.07) is 10.8. The average Bonchev–Trinajstić information content (AvgIpc) is 3.83. The molecule has 3 aromatic heterocycles. The first-order chi connectivity index (χ1) is 24.3. The smallest absolute Gasteiger partial charge is 0.429 e. The fourth-order valence-corrected chi connectivity index (χ4v) is 6.73. The highest BCUT2D eigenvalue weighted by atomic mass is 19.4. The molecule has 0 radical (unpaired) electrons. The highest BCUT2D eigenvalue weighted by molar-refractivity contribution is 5.74. The van der Waals surface area contributed by atoms with Crippen molar-refractivity contribution in [2.24, 2.45) is 5.41 Å². The Balaban J connectivity index is 1.19. The Morgan fingerprint density at radius 1 is 1.08 bits per heavy atom. The number of aryl methyl sites for hydroxylation is 2. The van der Waals surface area contributed by atoms with Crippen LogP contribution >= 0.6 is 0 Å². The maximum absolute atomic E-state index is 15.2. The van der Waals surface area contributed by atoms with Crippen LogP contribution in [0, 0.1) is 25.1 Å². The Labute approximate surface area is 288 Å². The summed E-state index contributed by atoms with van der Waals surface area (Å²) in [6.07, 6.45) is -4.07. The summed E-state index contributed by atoms with van der Waals surface area (Å²) in [5, 5.41) is 24.4. The normalized spacial score (nSPS) is 17.9. The Morgan fingerprint density at radius 2 is 1.82 bits per heavy atom. The number of ether oxygens (including phenoxy) is 1. The van der Waals surface area contributed by atoms with Crippen LogP contribution in [0.1, 0.15) is 42.5 Å². The topological polar surface area (TPSA) is 170 Å². The third-order valence-electron chi connectivity index (χ3n) is 9.39. The quantitative estimate of drug-likeness (QED) is 0.175. The molecule has 51 heavy (non-hydrogen) atoms. The van der Waals surface area contributed by atoms with Gasteiger partial charge in [0.2, 0.25) is 23.8 Å². The summed E-state index contributed by atoms with van der Waals surface area (Å²) in [5.41, 5.74) is 7.02. The second-order valence-corrected chi connectivity index (χ2v) is 12.9. The van der Waals surface area contributed by atoms with E-state index < -0.39 is 30.1 Å². The number of nitrogens with zero attached hydrogens (tertiary/aromatic N) is 7. The lowest BCUT2D eigenvalue weighted by molar-refractivity contribution is -0.198. The standard InChI is InChI=1S/C34H33F4N9O4/c1-18-7-10-47(45-18)26-14-21(20-3-5-22(24(35)13-20)30-44-43-19(2)50-30)4-6-23(26)29(34(36,37)38)51-28-15-27(41-32(39)42-28)46-11-8-33(9-12-46)16-25(31(48)49)40-17-33/h3-7,10,13-15,25,29,40H,8-9,11-12,16-17H2,1-2H3,(H,48,49)(H2,39,41,42). The van der Waals surface area contributed by atoms with Crippen LogP contribution in [0.5, 0.6) is 5.88 Å². The molecule has 2 atom stereocenters. The molecule has 0 amide bonds. The van der Waals surface area contributed by atoms with Gasteiger partial charge >= 0.3 is 12.1 Å². The number of aliphatic carboxylic acids is 1. The van der Waals surface area contributed by atoms with E-state index in [1.54, 1.807) is 26.0 Å². The monoisotopic (exact) mass is 707 g/mol. The molecule has 2 saturated heterocycles. The summed E-state index contributed by atoms with van der Waals surface area (Å²) in [4.78, 5) is 21.6. The molecule has 5 aromatic rings. The first-order valence-electron chi connectivity index (χ1n) is 16.1. The van der Waals surface area contributed by atoms with E-state index in [1.165, 1.54) is 47.3 Å². The molecule has 17 heteroatoms.